The monoisotopic (exact) mass is 376 g/mol. The number of benzene rings is 2. The van der Waals surface area contributed by atoms with Crippen LogP contribution in [-0.2, 0) is 6.54 Å². The molecule has 2 aromatic carbocycles. The summed E-state index contributed by atoms with van der Waals surface area (Å²) < 4.78 is 16.3. The summed E-state index contributed by atoms with van der Waals surface area (Å²) in [6, 6.07) is 13.6. The number of rotatable bonds is 3. The molecule has 1 aliphatic carbocycles. The van der Waals surface area contributed by atoms with Crippen LogP contribution in [0.25, 0.3) is 11.1 Å². The SMILES string of the molecule is C[C@@H]1c2nc(C3CC3)nn2CCN1C(=O)c1ccccc1-c1ccccc1F. The quantitative estimate of drug-likeness (QED) is 0.689. The van der Waals surface area contributed by atoms with Crippen LogP contribution in [0.5, 0.6) is 0 Å². The van der Waals surface area contributed by atoms with Gasteiger partial charge < -0.3 is 4.90 Å². The molecule has 3 aromatic rings. The summed E-state index contributed by atoms with van der Waals surface area (Å²) >= 11 is 0. The molecular formula is C22H21FN4O. The van der Waals surface area contributed by atoms with E-state index >= 15 is 0 Å². The average Bonchev–Trinajstić information content (AvgIpc) is 3.47. The summed E-state index contributed by atoms with van der Waals surface area (Å²) in [6.07, 6.45) is 2.30. The van der Waals surface area contributed by atoms with Crippen LogP contribution in [0.1, 0.15) is 53.7 Å². The minimum Gasteiger partial charge on any atom is -0.327 e. The predicted molar refractivity (Wildman–Crippen MR) is 103 cm³/mol. The fraction of sp³-hybridized carbons (Fsp3) is 0.318. The van der Waals surface area contributed by atoms with Crippen LogP contribution in [0.2, 0.25) is 0 Å². The summed E-state index contributed by atoms with van der Waals surface area (Å²) in [4.78, 5) is 20.0. The lowest BCUT2D eigenvalue weighted by atomic mass is 9.97. The van der Waals surface area contributed by atoms with Gasteiger partial charge in [0.05, 0.1) is 12.6 Å². The number of carbonyl (C=O) groups is 1. The first-order chi connectivity index (χ1) is 13.6. The molecule has 1 saturated carbocycles. The molecule has 1 aliphatic heterocycles. The van der Waals surface area contributed by atoms with Gasteiger partial charge in [-0.15, -0.1) is 0 Å². The Morgan fingerprint density at radius 3 is 2.50 bits per heavy atom. The number of halogens is 1. The van der Waals surface area contributed by atoms with Gasteiger partial charge in [0.2, 0.25) is 0 Å². The first-order valence-electron chi connectivity index (χ1n) is 9.73. The molecule has 0 radical (unpaired) electrons. The van der Waals surface area contributed by atoms with Gasteiger partial charge in [-0.25, -0.2) is 14.1 Å². The maximum atomic E-state index is 14.4. The van der Waals surface area contributed by atoms with E-state index < -0.39 is 0 Å². The van der Waals surface area contributed by atoms with Crippen molar-refractivity contribution in [3.63, 3.8) is 0 Å². The molecule has 0 bridgehead atoms. The summed E-state index contributed by atoms with van der Waals surface area (Å²) in [5, 5.41) is 4.62. The molecule has 28 heavy (non-hydrogen) atoms. The standard InChI is InChI=1S/C22H21FN4O/c1-14-21-24-20(15-10-11-15)25-27(21)13-12-26(14)22(28)18-8-3-2-6-16(18)17-7-4-5-9-19(17)23/h2-9,14-15H,10-13H2,1H3/t14-/m1/s1. The molecular weight excluding hydrogens is 355 g/mol. The van der Waals surface area contributed by atoms with E-state index in [0.717, 1.165) is 24.5 Å². The average molecular weight is 376 g/mol. The Morgan fingerprint density at radius 1 is 1.04 bits per heavy atom. The maximum absolute atomic E-state index is 14.4. The van der Waals surface area contributed by atoms with Crippen molar-refractivity contribution in [1.82, 2.24) is 19.7 Å². The lowest BCUT2D eigenvalue weighted by Gasteiger charge is -2.33. The third-order valence-electron chi connectivity index (χ3n) is 5.64. The van der Waals surface area contributed by atoms with Gasteiger partial charge in [0.1, 0.15) is 11.6 Å². The molecule has 2 heterocycles. The van der Waals surface area contributed by atoms with Crippen LogP contribution in [0.4, 0.5) is 4.39 Å². The maximum Gasteiger partial charge on any atom is 0.255 e. The van der Waals surface area contributed by atoms with Crippen molar-refractivity contribution in [3.8, 4) is 11.1 Å². The van der Waals surface area contributed by atoms with Gasteiger partial charge in [0, 0.05) is 23.6 Å². The normalized spacial score (nSPS) is 18.8. The van der Waals surface area contributed by atoms with Gasteiger partial charge in [0.25, 0.3) is 5.91 Å². The van der Waals surface area contributed by atoms with Crippen molar-refractivity contribution in [2.45, 2.75) is 38.3 Å². The first kappa shape index (κ1) is 17.1. The smallest absolute Gasteiger partial charge is 0.255 e. The molecule has 5 nitrogen and oxygen atoms in total. The molecule has 0 spiro atoms. The highest BCUT2D eigenvalue weighted by Crippen LogP contribution is 2.39. The van der Waals surface area contributed by atoms with Crippen LogP contribution in [0.15, 0.2) is 48.5 Å². The Morgan fingerprint density at radius 2 is 1.75 bits per heavy atom. The van der Waals surface area contributed by atoms with Gasteiger partial charge in [-0.3, -0.25) is 4.79 Å². The van der Waals surface area contributed by atoms with Crippen LogP contribution in [-0.4, -0.2) is 32.1 Å². The molecule has 1 atom stereocenters. The van der Waals surface area contributed by atoms with Crippen molar-refractivity contribution in [2.75, 3.05) is 6.54 Å². The summed E-state index contributed by atoms with van der Waals surface area (Å²) in [6.45, 7) is 3.18. The van der Waals surface area contributed by atoms with Crippen molar-refractivity contribution in [2.24, 2.45) is 0 Å². The summed E-state index contributed by atoms with van der Waals surface area (Å²) in [7, 11) is 0. The molecule has 0 unspecified atom stereocenters. The molecule has 1 aromatic heterocycles. The van der Waals surface area contributed by atoms with Gasteiger partial charge >= 0.3 is 0 Å². The zero-order chi connectivity index (χ0) is 19.3. The highest BCUT2D eigenvalue weighted by Gasteiger charge is 2.35. The zero-order valence-electron chi connectivity index (χ0n) is 15.7. The number of aromatic nitrogens is 3. The number of hydrogen-bond donors (Lipinski definition) is 0. The molecule has 5 rings (SSSR count). The predicted octanol–water partition coefficient (Wildman–Crippen LogP) is 4.18. The summed E-state index contributed by atoms with van der Waals surface area (Å²) in [5.74, 6) is 1.79. The lowest BCUT2D eigenvalue weighted by molar-refractivity contribution is 0.0631. The second kappa shape index (κ2) is 6.55. The molecule has 1 amide bonds. The summed E-state index contributed by atoms with van der Waals surface area (Å²) in [5.41, 5.74) is 1.56. The van der Waals surface area contributed by atoms with Gasteiger partial charge in [-0.2, -0.15) is 5.10 Å². The Labute approximate surface area is 162 Å². The minimum absolute atomic E-state index is 0.103. The van der Waals surface area contributed by atoms with Crippen LogP contribution >= 0.6 is 0 Å². The second-order valence-corrected chi connectivity index (χ2v) is 7.53. The lowest BCUT2D eigenvalue weighted by Crippen LogP contribution is -2.41. The topological polar surface area (TPSA) is 51.0 Å². The van der Waals surface area contributed by atoms with Crippen molar-refractivity contribution >= 4 is 5.91 Å². The number of nitrogens with zero attached hydrogens (tertiary/aromatic N) is 4. The number of fused-ring (bicyclic) bond motifs is 1. The van der Waals surface area contributed by atoms with E-state index in [1.807, 2.05) is 28.6 Å². The highest BCUT2D eigenvalue weighted by molar-refractivity contribution is 6.01. The van der Waals surface area contributed by atoms with Gasteiger partial charge in [-0.05, 0) is 37.5 Å². The van der Waals surface area contributed by atoms with Crippen LogP contribution < -0.4 is 0 Å². The number of carbonyl (C=O) groups excluding carboxylic acids is 1. The second-order valence-electron chi connectivity index (χ2n) is 7.53. The van der Waals surface area contributed by atoms with E-state index in [-0.39, 0.29) is 17.8 Å². The molecule has 6 heteroatoms. The van der Waals surface area contributed by atoms with Gasteiger partial charge in [-0.1, -0.05) is 36.4 Å². The van der Waals surface area contributed by atoms with Crippen molar-refractivity contribution in [3.05, 3.63) is 71.6 Å². The molecule has 1 fully saturated rings. The van der Waals surface area contributed by atoms with Crippen molar-refractivity contribution in [1.29, 1.82) is 0 Å². The van der Waals surface area contributed by atoms with E-state index in [1.165, 1.54) is 6.07 Å². The van der Waals surface area contributed by atoms with E-state index in [2.05, 4.69) is 5.10 Å². The Balaban J connectivity index is 1.50. The molecule has 0 N–H and O–H groups in total. The van der Waals surface area contributed by atoms with E-state index in [1.54, 1.807) is 30.3 Å². The Bertz CT molecular complexity index is 1060. The molecule has 0 saturated heterocycles. The molecule has 2 aliphatic rings. The van der Waals surface area contributed by atoms with Gasteiger partial charge in [0.15, 0.2) is 5.82 Å². The fourth-order valence-corrected chi connectivity index (χ4v) is 3.91. The number of amides is 1. The molecule has 142 valence electrons. The minimum atomic E-state index is -0.330. The number of hydrogen-bond acceptors (Lipinski definition) is 3. The van der Waals surface area contributed by atoms with E-state index in [0.29, 0.717) is 35.7 Å². The van der Waals surface area contributed by atoms with E-state index in [4.69, 9.17) is 4.98 Å². The highest BCUT2D eigenvalue weighted by atomic mass is 19.1. The van der Waals surface area contributed by atoms with Crippen LogP contribution in [0, 0.1) is 5.82 Å². The largest absolute Gasteiger partial charge is 0.327 e. The first-order valence-corrected chi connectivity index (χ1v) is 9.73. The third-order valence-corrected chi connectivity index (χ3v) is 5.64. The third kappa shape index (κ3) is 2.80. The Hall–Kier alpha value is -3.02. The van der Waals surface area contributed by atoms with E-state index in [9.17, 15) is 9.18 Å². The van der Waals surface area contributed by atoms with Crippen LogP contribution in [0.3, 0.4) is 0 Å². The Kier molecular flexibility index (Phi) is 4.00. The fourth-order valence-electron chi connectivity index (χ4n) is 3.91. The van der Waals surface area contributed by atoms with Crippen molar-refractivity contribution < 1.29 is 9.18 Å². The zero-order valence-corrected chi connectivity index (χ0v) is 15.7.